The third-order valence-corrected chi connectivity index (χ3v) is 9.53. The molecule has 39 heavy (non-hydrogen) atoms. The van der Waals surface area contributed by atoms with Crippen molar-refractivity contribution < 1.29 is 21.4 Å². The lowest BCUT2D eigenvalue weighted by molar-refractivity contribution is 0.528. The van der Waals surface area contributed by atoms with Gasteiger partial charge in [-0.15, -0.1) is 0 Å². The van der Waals surface area contributed by atoms with Crippen molar-refractivity contribution in [1.29, 1.82) is 0 Å². The van der Waals surface area contributed by atoms with Crippen molar-refractivity contribution in [2.75, 3.05) is 44.0 Å². The summed E-state index contributed by atoms with van der Waals surface area (Å²) in [4.78, 5) is 0. The predicted molar refractivity (Wildman–Crippen MR) is 161 cm³/mol. The number of hydrogen-bond donors (Lipinski definition) is 1. The Kier molecular flexibility index (Phi) is 8.22. The molecule has 3 aromatic carbocycles. The first kappa shape index (κ1) is 28.8. The summed E-state index contributed by atoms with van der Waals surface area (Å²) in [5.74, 6) is 3.93. The third kappa shape index (κ3) is 6.19. The van der Waals surface area contributed by atoms with E-state index >= 15 is 0 Å². The third-order valence-electron chi connectivity index (χ3n) is 6.85. The van der Waals surface area contributed by atoms with E-state index in [1.807, 2.05) is 50.4 Å². The second-order valence-electron chi connectivity index (χ2n) is 9.74. The summed E-state index contributed by atoms with van der Waals surface area (Å²) in [5, 5.41) is 4.09. The molecule has 7 nitrogen and oxygen atoms in total. The van der Waals surface area contributed by atoms with Gasteiger partial charge in [-0.1, -0.05) is 30.3 Å². The molecule has 1 aromatic heterocycles. The molecule has 0 saturated heterocycles. The van der Waals surface area contributed by atoms with Gasteiger partial charge in [0.1, 0.15) is 17.2 Å². The smallest absolute Gasteiger partial charge is 0.232 e. The number of rotatable bonds is 10. The van der Waals surface area contributed by atoms with E-state index in [4.69, 9.17) is 4.42 Å². The molecule has 4 rings (SSSR count). The highest BCUT2D eigenvalue weighted by atomic mass is 32.2. The summed E-state index contributed by atoms with van der Waals surface area (Å²) in [6.45, 7) is 2.28. The highest BCUT2D eigenvalue weighted by Crippen LogP contribution is 2.43. The summed E-state index contributed by atoms with van der Waals surface area (Å²) in [6.07, 6.45) is 2.67. The number of halogens is 1. The van der Waals surface area contributed by atoms with Gasteiger partial charge in [-0.2, -0.15) is 0 Å². The second kappa shape index (κ2) is 11.1. The molecule has 1 N–H and O–H groups in total. The maximum Gasteiger partial charge on any atom is 0.232 e. The lowest BCUT2D eigenvalue weighted by Gasteiger charge is -2.28. The van der Waals surface area contributed by atoms with Crippen LogP contribution >= 0.6 is 0 Å². The summed E-state index contributed by atoms with van der Waals surface area (Å²) < 4.78 is 61.7. The predicted octanol–water partition coefficient (Wildman–Crippen LogP) is 5.15. The van der Waals surface area contributed by atoms with Crippen LogP contribution in [0, 0.1) is 5.82 Å². The zero-order valence-electron chi connectivity index (χ0n) is 22.8. The lowest BCUT2D eigenvalue weighted by atomic mass is 9.96. The normalized spacial score (nSPS) is 14.4. The molecule has 0 saturated carbocycles. The minimum absolute atomic E-state index is 0.0618. The lowest BCUT2D eigenvalue weighted by Crippen LogP contribution is -2.39. The fourth-order valence-corrected chi connectivity index (χ4v) is 5.88. The Balaban J connectivity index is 2.00. The molecule has 2 unspecified atom stereocenters. The highest BCUT2D eigenvalue weighted by Gasteiger charge is 2.27. The number of nitrogens with zero attached hydrogens (tertiary/aromatic N) is 2. The Morgan fingerprint density at radius 3 is 2.18 bits per heavy atom. The fourth-order valence-electron chi connectivity index (χ4n) is 4.49. The Bertz CT molecular complexity index is 1680. The van der Waals surface area contributed by atoms with Crippen molar-refractivity contribution >= 4 is 42.3 Å². The van der Waals surface area contributed by atoms with E-state index in [0.29, 0.717) is 28.2 Å². The molecule has 0 radical (unpaired) electrons. The largest absolute Gasteiger partial charge is 0.456 e. The van der Waals surface area contributed by atoms with Crippen LogP contribution in [-0.4, -0.2) is 62.5 Å². The number of hydrogen-bond acceptors (Lipinski definition) is 5. The van der Waals surface area contributed by atoms with E-state index in [1.165, 1.54) is 22.7 Å². The van der Waals surface area contributed by atoms with Crippen molar-refractivity contribution in [3.8, 4) is 22.5 Å². The van der Waals surface area contributed by atoms with Crippen LogP contribution in [0.4, 0.5) is 10.1 Å². The van der Waals surface area contributed by atoms with Gasteiger partial charge in [-0.3, -0.25) is 8.51 Å². The van der Waals surface area contributed by atoms with Gasteiger partial charge in [0, 0.05) is 63.2 Å². The van der Waals surface area contributed by atoms with Gasteiger partial charge in [0.25, 0.3) is 0 Å². The maximum absolute atomic E-state index is 13.7. The second-order valence-corrected chi connectivity index (χ2v) is 14.2. The standard InChI is InChI=1S/C29H34FN3O4S2/c1-20(31-2)28-25-18-24(21-10-8-7-9-11-21)26(33(39(6,35)36)17-16-32(3)38(4,5)34)19-27(25)37-29(28)22-12-14-23(30)15-13-22/h7-15,18-20,31H,4,16-17H2,1-3,5-6H3. The number of sulfonamides is 1. The van der Waals surface area contributed by atoms with Crippen LogP contribution in [0.2, 0.25) is 0 Å². The van der Waals surface area contributed by atoms with E-state index in [1.54, 1.807) is 29.6 Å². The first-order valence-corrected chi connectivity index (χ1v) is 16.4. The molecule has 4 aromatic rings. The Labute approximate surface area is 230 Å². The van der Waals surface area contributed by atoms with Crippen LogP contribution in [-0.2, 0) is 19.7 Å². The monoisotopic (exact) mass is 571 g/mol. The molecule has 2 atom stereocenters. The molecule has 208 valence electrons. The molecule has 0 aliphatic heterocycles. The van der Waals surface area contributed by atoms with Gasteiger partial charge < -0.3 is 9.73 Å². The van der Waals surface area contributed by atoms with Crippen LogP contribution in [0.3, 0.4) is 0 Å². The molecular formula is C29H34FN3O4S2. The summed E-state index contributed by atoms with van der Waals surface area (Å²) in [6, 6.07) is 19.2. The van der Waals surface area contributed by atoms with Gasteiger partial charge >= 0.3 is 0 Å². The zero-order chi connectivity index (χ0) is 28.5. The number of fused-ring (bicyclic) bond motifs is 1. The summed E-state index contributed by atoms with van der Waals surface area (Å²) >= 11 is 0. The Hall–Kier alpha value is -3.18. The van der Waals surface area contributed by atoms with Crippen LogP contribution in [0.25, 0.3) is 33.4 Å². The molecule has 0 bridgehead atoms. The van der Waals surface area contributed by atoms with E-state index in [0.717, 1.165) is 22.8 Å². The molecule has 1 heterocycles. The van der Waals surface area contributed by atoms with Crippen molar-refractivity contribution in [3.63, 3.8) is 0 Å². The summed E-state index contributed by atoms with van der Waals surface area (Å²) in [7, 11) is -2.75. The molecule has 0 aliphatic carbocycles. The SMILES string of the molecule is C=S(C)(=O)N(C)CCN(c1cc2oc(-c3ccc(F)cc3)c(C(C)NC)c2cc1-c1ccccc1)S(C)(=O)=O. The molecule has 0 spiro atoms. The average molecular weight is 572 g/mol. The number of nitrogens with one attached hydrogen (secondary N) is 1. The molecule has 0 amide bonds. The van der Waals surface area contributed by atoms with E-state index < -0.39 is 19.7 Å². The van der Waals surface area contributed by atoms with Crippen molar-refractivity contribution in [2.24, 2.45) is 0 Å². The van der Waals surface area contributed by atoms with Crippen molar-refractivity contribution in [2.45, 2.75) is 13.0 Å². The molecule has 0 aliphatic rings. The van der Waals surface area contributed by atoms with Crippen molar-refractivity contribution in [1.82, 2.24) is 9.62 Å². The zero-order valence-corrected chi connectivity index (χ0v) is 24.4. The number of anilines is 1. The number of furan rings is 1. The number of likely N-dealkylation sites (N-methyl/N-ethyl adjacent to an activating group) is 1. The first-order valence-electron chi connectivity index (χ1n) is 12.4. The van der Waals surface area contributed by atoms with E-state index in [2.05, 4.69) is 11.2 Å². The van der Waals surface area contributed by atoms with Crippen LogP contribution in [0.1, 0.15) is 18.5 Å². The average Bonchev–Trinajstić information content (AvgIpc) is 3.25. The summed E-state index contributed by atoms with van der Waals surface area (Å²) in [5.41, 5.74) is 4.08. The van der Waals surface area contributed by atoms with E-state index in [-0.39, 0.29) is 24.9 Å². The first-order chi connectivity index (χ1) is 18.3. The van der Waals surface area contributed by atoms with E-state index in [9.17, 15) is 17.0 Å². The van der Waals surface area contributed by atoms with Crippen LogP contribution < -0.4 is 9.62 Å². The van der Waals surface area contributed by atoms with Gasteiger partial charge in [0.05, 0.1) is 11.9 Å². The van der Waals surface area contributed by atoms with Gasteiger partial charge in [-0.05, 0) is 62.8 Å². The molecule has 10 heteroatoms. The molecular weight excluding hydrogens is 537 g/mol. The molecule has 0 fully saturated rings. The van der Waals surface area contributed by atoms with Crippen LogP contribution in [0.15, 0.2) is 71.1 Å². The quantitative estimate of drug-likeness (QED) is 0.267. The Morgan fingerprint density at radius 2 is 1.62 bits per heavy atom. The van der Waals surface area contributed by atoms with Gasteiger partial charge in [-0.25, -0.2) is 17.1 Å². The van der Waals surface area contributed by atoms with Crippen molar-refractivity contribution in [3.05, 3.63) is 78.1 Å². The van der Waals surface area contributed by atoms with Gasteiger partial charge in [0.15, 0.2) is 0 Å². The topological polar surface area (TPSA) is 82.9 Å². The minimum Gasteiger partial charge on any atom is -0.456 e. The number of benzene rings is 3. The fraction of sp³-hybridized carbons (Fsp3) is 0.276. The Morgan fingerprint density at radius 1 is 0.974 bits per heavy atom. The maximum atomic E-state index is 13.7. The van der Waals surface area contributed by atoms with Gasteiger partial charge in [0.2, 0.25) is 10.0 Å². The minimum atomic E-state index is -3.74. The highest BCUT2D eigenvalue weighted by molar-refractivity contribution is 7.97. The van der Waals surface area contributed by atoms with Crippen LogP contribution in [0.5, 0.6) is 0 Å².